The molecule has 2 aliphatic rings. The number of hydrogen-bond acceptors (Lipinski definition) is 3. The van der Waals surface area contributed by atoms with Crippen molar-refractivity contribution in [3.63, 3.8) is 0 Å². The number of carbonyl (C=O) groups is 2. The Labute approximate surface area is 182 Å². The topological polar surface area (TPSA) is 66.6 Å². The molecule has 2 saturated heterocycles. The predicted molar refractivity (Wildman–Crippen MR) is 117 cm³/mol. The van der Waals surface area contributed by atoms with Crippen LogP contribution in [-0.4, -0.2) is 42.9 Å². The standard InChI is InChI=1S/C22H24ClN3O2.ClH/c23-19-8-4-5-9-20(19)26-13-16(10-21(26)27)22(28)25-12-17(11-24)18(14-25)15-6-2-1-3-7-15;/h1-9,16-18H,10-14,24H2;1H/t16?,17-,18+;/m1./s1. The van der Waals surface area contributed by atoms with Gasteiger partial charge >= 0.3 is 0 Å². The zero-order valence-electron chi connectivity index (χ0n) is 16.0. The van der Waals surface area contributed by atoms with Crippen LogP contribution in [-0.2, 0) is 9.59 Å². The number of para-hydroxylation sites is 1. The lowest BCUT2D eigenvalue weighted by molar-refractivity contribution is -0.134. The number of anilines is 1. The number of rotatable bonds is 4. The van der Waals surface area contributed by atoms with Gasteiger partial charge in [0.1, 0.15) is 0 Å². The molecule has 0 spiro atoms. The Bertz CT molecular complexity index is 877. The Hall–Kier alpha value is -2.08. The molecular formula is C22H25Cl2N3O2. The van der Waals surface area contributed by atoms with Crippen molar-refractivity contribution >= 4 is 41.5 Å². The molecule has 154 valence electrons. The molecule has 29 heavy (non-hydrogen) atoms. The third-order valence-electron chi connectivity index (χ3n) is 5.90. The number of nitrogens with two attached hydrogens (primary N) is 1. The number of benzene rings is 2. The van der Waals surface area contributed by atoms with E-state index in [-0.39, 0.29) is 48.4 Å². The Morgan fingerprint density at radius 3 is 2.41 bits per heavy atom. The molecule has 7 heteroatoms. The molecule has 0 radical (unpaired) electrons. The Morgan fingerprint density at radius 2 is 1.72 bits per heavy atom. The normalized spacial score (nSPS) is 23.9. The second-order valence-corrected chi connectivity index (χ2v) is 8.02. The molecular weight excluding hydrogens is 409 g/mol. The fourth-order valence-electron chi connectivity index (χ4n) is 4.40. The van der Waals surface area contributed by atoms with Gasteiger partial charge in [-0.2, -0.15) is 0 Å². The molecule has 2 amide bonds. The van der Waals surface area contributed by atoms with Gasteiger partial charge in [0.2, 0.25) is 11.8 Å². The Kier molecular flexibility index (Phi) is 6.83. The number of likely N-dealkylation sites (tertiary alicyclic amines) is 1. The second-order valence-electron chi connectivity index (χ2n) is 7.61. The van der Waals surface area contributed by atoms with Crippen molar-refractivity contribution in [2.75, 3.05) is 31.1 Å². The Morgan fingerprint density at radius 1 is 1.03 bits per heavy atom. The lowest BCUT2D eigenvalue weighted by Crippen LogP contribution is -2.36. The van der Waals surface area contributed by atoms with Crippen molar-refractivity contribution in [3.05, 3.63) is 65.2 Å². The first-order valence-electron chi connectivity index (χ1n) is 9.67. The lowest BCUT2D eigenvalue weighted by Gasteiger charge is -2.21. The van der Waals surface area contributed by atoms with Crippen molar-refractivity contribution in [1.82, 2.24) is 4.90 Å². The summed E-state index contributed by atoms with van der Waals surface area (Å²) >= 11 is 6.25. The van der Waals surface area contributed by atoms with Crippen LogP contribution in [0.25, 0.3) is 0 Å². The molecule has 5 nitrogen and oxygen atoms in total. The highest BCUT2D eigenvalue weighted by atomic mass is 35.5. The van der Waals surface area contributed by atoms with Crippen LogP contribution >= 0.6 is 24.0 Å². The van der Waals surface area contributed by atoms with E-state index >= 15 is 0 Å². The van der Waals surface area contributed by atoms with Gasteiger partial charge in [0.05, 0.1) is 16.6 Å². The number of halogens is 2. The maximum Gasteiger partial charge on any atom is 0.228 e. The fourth-order valence-corrected chi connectivity index (χ4v) is 4.64. The van der Waals surface area contributed by atoms with Crippen molar-refractivity contribution in [3.8, 4) is 0 Å². The average Bonchev–Trinajstić information content (AvgIpc) is 3.32. The van der Waals surface area contributed by atoms with E-state index in [1.165, 1.54) is 5.56 Å². The molecule has 0 bridgehead atoms. The summed E-state index contributed by atoms with van der Waals surface area (Å²) in [5.41, 5.74) is 7.89. The minimum atomic E-state index is -0.336. The predicted octanol–water partition coefficient (Wildman–Crippen LogP) is 3.32. The smallest absolute Gasteiger partial charge is 0.228 e. The molecule has 0 aromatic heterocycles. The van der Waals surface area contributed by atoms with Gasteiger partial charge in [0.15, 0.2) is 0 Å². The summed E-state index contributed by atoms with van der Waals surface area (Å²) in [7, 11) is 0. The van der Waals surface area contributed by atoms with Crippen molar-refractivity contribution in [2.24, 2.45) is 17.6 Å². The zero-order valence-corrected chi connectivity index (χ0v) is 17.6. The van der Waals surface area contributed by atoms with Gasteiger partial charge < -0.3 is 15.5 Å². The molecule has 2 aromatic carbocycles. The third kappa shape index (κ3) is 4.27. The number of nitrogens with zero attached hydrogens (tertiary/aromatic N) is 2. The van der Waals surface area contributed by atoms with Gasteiger partial charge in [0.25, 0.3) is 0 Å². The van der Waals surface area contributed by atoms with Crippen LogP contribution in [0.5, 0.6) is 0 Å². The van der Waals surface area contributed by atoms with E-state index in [2.05, 4.69) is 12.1 Å². The van der Waals surface area contributed by atoms with E-state index in [1.54, 1.807) is 11.0 Å². The average molecular weight is 434 g/mol. The molecule has 2 fully saturated rings. The van der Waals surface area contributed by atoms with E-state index < -0.39 is 0 Å². The summed E-state index contributed by atoms with van der Waals surface area (Å²) in [6.07, 6.45) is 0.226. The summed E-state index contributed by atoms with van der Waals surface area (Å²) in [6.45, 7) is 2.22. The molecule has 2 N–H and O–H groups in total. The van der Waals surface area contributed by atoms with Gasteiger partial charge in [-0.15, -0.1) is 12.4 Å². The van der Waals surface area contributed by atoms with Crippen LogP contribution in [0.2, 0.25) is 5.02 Å². The lowest BCUT2D eigenvalue weighted by atomic mass is 9.89. The summed E-state index contributed by atoms with van der Waals surface area (Å²) < 4.78 is 0. The molecule has 4 rings (SSSR count). The summed E-state index contributed by atoms with van der Waals surface area (Å²) in [6, 6.07) is 17.5. The number of carbonyl (C=O) groups excluding carboxylic acids is 2. The fraction of sp³-hybridized carbons (Fsp3) is 0.364. The molecule has 3 atom stereocenters. The second kappa shape index (κ2) is 9.16. The molecule has 2 aliphatic heterocycles. The van der Waals surface area contributed by atoms with Gasteiger partial charge in [-0.1, -0.05) is 54.1 Å². The van der Waals surface area contributed by atoms with Crippen LogP contribution in [0.15, 0.2) is 54.6 Å². The largest absolute Gasteiger partial charge is 0.341 e. The number of amides is 2. The highest BCUT2D eigenvalue weighted by Gasteiger charge is 2.42. The molecule has 2 heterocycles. The van der Waals surface area contributed by atoms with Crippen LogP contribution < -0.4 is 10.6 Å². The molecule has 2 aromatic rings. The van der Waals surface area contributed by atoms with E-state index in [1.807, 2.05) is 41.3 Å². The van der Waals surface area contributed by atoms with Crippen LogP contribution in [0.1, 0.15) is 17.9 Å². The van der Waals surface area contributed by atoms with Gasteiger partial charge in [-0.3, -0.25) is 9.59 Å². The van der Waals surface area contributed by atoms with Gasteiger partial charge in [-0.25, -0.2) is 0 Å². The highest BCUT2D eigenvalue weighted by Crippen LogP contribution is 2.35. The SMILES string of the molecule is Cl.NC[C@@H]1CN(C(=O)C2CC(=O)N(c3ccccc3Cl)C2)C[C@H]1c1ccccc1. The van der Waals surface area contributed by atoms with Crippen LogP contribution in [0, 0.1) is 11.8 Å². The highest BCUT2D eigenvalue weighted by molar-refractivity contribution is 6.33. The van der Waals surface area contributed by atoms with Gasteiger partial charge in [0, 0.05) is 32.0 Å². The summed E-state index contributed by atoms with van der Waals surface area (Å²) in [5, 5.41) is 0.525. The van der Waals surface area contributed by atoms with Gasteiger partial charge in [-0.05, 0) is 30.2 Å². The van der Waals surface area contributed by atoms with E-state index in [0.717, 1.165) is 0 Å². The first-order valence-corrected chi connectivity index (χ1v) is 10.0. The molecule has 0 saturated carbocycles. The van der Waals surface area contributed by atoms with Crippen LogP contribution in [0.3, 0.4) is 0 Å². The first-order chi connectivity index (χ1) is 13.6. The van der Waals surface area contributed by atoms with Crippen molar-refractivity contribution < 1.29 is 9.59 Å². The first kappa shape index (κ1) is 21.6. The monoisotopic (exact) mass is 433 g/mol. The number of hydrogen-bond donors (Lipinski definition) is 1. The zero-order chi connectivity index (χ0) is 19.7. The van der Waals surface area contributed by atoms with E-state index in [4.69, 9.17) is 17.3 Å². The summed E-state index contributed by atoms with van der Waals surface area (Å²) in [4.78, 5) is 29.2. The minimum Gasteiger partial charge on any atom is -0.341 e. The van der Waals surface area contributed by atoms with E-state index in [9.17, 15) is 9.59 Å². The van der Waals surface area contributed by atoms with E-state index in [0.29, 0.717) is 36.9 Å². The minimum absolute atomic E-state index is 0. The van der Waals surface area contributed by atoms with Crippen molar-refractivity contribution in [2.45, 2.75) is 12.3 Å². The van der Waals surface area contributed by atoms with Crippen molar-refractivity contribution in [1.29, 1.82) is 0 Å². The van der Waals surface area contributed by atoms with Crippen LogP contribution in [0.4, 0.5) is 5.69 Å². The quantitative estimate of drug-likeness (QED) is 0.803. The molecule has 1 unspecified atom stereocenters. The molecule has 0 aliphatic carbocycles. The third-order valence-corrected chi connectivity index (χ3v) is 6.22. The summed E-state index contributed by atoms with van der Waals surface area (Å²) in [5.74, 6) is 0.132. The Balaban J connectivity index is 0.00000240. The maximum absolute atomic E-state index is 13.2. The maximum atomic E-state index is 13.2.